The predicted molar refractivity (Wildman–Crippen MR) is 120 cm³/mol. The van der Waals surface area contributed by atoms with Crippen LogP contribution in [0.1, 0.15) is 21.0 Å². The first-order valence-corrected chi connectivity index (χ1v) is 11.3. The number of thiophene rings is 1. The lowest BCUT2D eigenvalue weighted by molar-refractivity contribution is -0.125. The Morgan fingerprint density at radius 2 is 2.09 bits per heavy atom. The molecule has 0 saturated carbocycles. The number of ether oxygens (including phenoxy) is 1. The molecule has 170 valence electrons. The number of halogens is 1. The quantitative estimate of drug-likeness (QED) is 0.688. The smallest absolute Gasteiger partial charge is 0.261 e. The zero-order valence-electron chi connectivity index (χ0n) is 17.7. The van der Waals surface area contributed by atoms with Gasteiger partial charge in [-0.2, -0.15) is 0 Å². The first-order chi connectivity index (χ1) is 15.4. The summed E-state index contributed by atoms with van der Waals surface area (Å²) >= 11 is 1.45. The zero-order chi connectivity index (χ0) is 22.7. The van der Waals surface area contributed by atoms with Gasteiger partial charge in [0.1, 0.15) is 12.4 Å². The first kappa shape index (κ1) is 22.4. The number of nitrogens with zero attached hydrogens (tertiary/aromatic N) is 2. The summed E-state index contributed by atoms with van der Waals surface area (Å²) in [7, 11) is 0. The van der Waals surface area contributed by atoms with Gasteiger partial charge in [-0.1, -0.05) is 0 Å². The van der Waals surface area contributed by atoms with E-state index in [9.17, 15) is 18.8 Å². The van der Waals surface area contributed by atoms with Crippen LogP contribution in [0.4, 0.5) is 15.8 Å². The topological polar surface area (TPSA) is 91.0 Å². The van der Waals surface area contributed by atoms with E-state index in [0.29, 0.717) is 36.8 Å². The molecule has 8 nitrogen and oxygen atoms in total. The molecular weight excluding hydrogens is 435 g/mol. The second-order valence-corrected chi connectivity index (χ2v) is 9.20. The Kier molecular flexibility index (Phi) is 6.83. The largest absolute Gasteiger partial charge is 0.370 e. The van der Waals surface area contributed by atoms with E-state index >= 15 is 0 Å². The minimum absolute atomic E-state index is 0.0235. The summed E-state index contributed by atoms with van der Waals surface area (Å²) in [5.41, 5.74) is 0.504. The highest BCUT2D eigenvalue weighted by atomic mass is 32.1. The highest BCUT2D eigenvalue weighted by Crippen LogP contribution is 2.23. The molecule has 0 bridgehead atoms. The number of likely N-dealkylation sites (tertiary alicyclic amines) is 1. The van der Waals surface area contributed by atoms with Crippen LogP contribution in [-0.2, 0) is 14.3 Å². The summed E-state index contributed by atoms with van der Waals surface area (Å²) in [6, 6.07) is 8.00. The minimum atomic E-state index is -0.604. The lowest BCUT2D eigenvalue weighted by Crippen LogP contribution is -2.41. The molecule has 1 unspecified atom stereocenters. The summed E-state index contributed by atoms with van der Waals surface area (Å²) in [5, 5.41) is 5.60. The maximum absolute atomic E-state index is 14.5. The Morgan fingerprint density at radius 1 is 1.25 bits per heavy atom. The van der Waals surface area contributed by atoms with Crippen molar-refractivity contribution < 1.29 is 23.5 Å². The predicted octanol–water partition coefficient (Wildman–Crippen LogP) is 2.00. The van der Waals surface area contributed by atoms with Crippen LogP contribution >= 0.6 is 11.3 Å². The van der Waals surface area contributed by atoms with Crippen molar-refractivity contribution in [3.8, 4) is 0 Å². The average Bonchev–Trinajstić information content (AvgIpc) is 3.38. The number of hydrogen-bond acceptors (Lipinski definition) is 6. The normalized spacial score (nSPS) is 19.2. The van der Waals surface area contributed by atoms with Gasteiger partial charge in [0, 0.05) is 36.2 Å². The lowest BCUT2D eigenvalue weighted by Gasteiger charge is -2.27. The number of aryl methyl sites for hydroxylation is 1. The molecule has 2 saturated heterocycles. The zero-order valence-corrected chi connectivity index (χ0v) is 18.5. The van der Waals surface area contributed by atoms with Crippen molar-refractivity contribution in [2.45, 2.75) is 19.4 Å². The molecule has 1 aromatic carbocycles. The van der Waals surface area contributed by atoms with Crippen LogP contribution in [0, 0.1) is 12.7 Å². The molecule has 0 radical (unpaired) electrons. The van der Waals surface area contributed by atoms with Crippen molar-refractivity contribution in [1.82, 2.24) is 10.2 Å². The molecule has 2 N–H and O–H groups in total. The van der Waals surface area contributed by atoms with Crippen molar-refractivity contribution in [2.24, 2.45) is 0 Å². The molecule has 2 aliphatic rings. The summed E-state index contributed by atoms with van der Waals surface area (Å²) in [6.07, 6.45) is 0.750. The molecule has 3 amide bonds. The number of carbonyl (C=O) groups excluding carboxylic acids is 3. The van der Waals surface area contributed by atoms with Crippen LogP contribution in [0.5, 0.6) is 0 Å². The van der Waals surface area contributed by atoms with Crippen molar-refractivity contribution in [2.75, 3.05) is 49.6 Å². The van der Waals surface area contributed by atoms with E-state index in [1.165, 1.54) is 28.4 Å². The van der Waals surface area contributed by atoms with E-state index in [-0.39, 0.29) is 42.6 Å². The maximum Gasteiger partial charge on any atom is 0.261 e. The fourth-order valence-corrected chi connectivity index (χ4v) is 4.63. The number of benzene rings is 1. The van der Waals surface area contributed by atoms with Gasteiger partial charge in [0.2, 0.25) is 5.91 Å². The number of carbonyl (C=O) groups is 3. The van der Waals surface area contributed by atoms with E-state index in [4.69, 9.17) is 4.74 Å². The SMILES string of the molecule is Cc1ccc(C(=O)NC2CCN(CC(=O)Nc3ccc(N4CCOCC4=O)cc3F)C2)s1. The Bertz CT molecular complexity index is 1030. The van der Waals surface area contributed by atoms with Crippen molar-refractivity contribution in [1.29, 1.82) is 0 Å². The molecular formula is C22H25FN4O4S. The monoisotopic (exact) mass is 460 g/mol. The Morgan fingerprint density at radius 3 is 2.81 bits per heavy atom. The maximum atomic E-state index is 14.5. The molecule has 2 aromatic rings. The standard InChI is InChI=1S/C22H25FN4O4S/c1-14-2-5-19(32-14)22(30)24-15-6-7-26(11-15)12-20(28)25-18-4-3-16(10-17(18)23)27-8-9-31-13-21(27)29/h2-5,10,15H,6-9,11-13H2,1H3,(H,24,30)(H,25,28). The number of nitrogens with one attached hydrogen (secondary N) is 2. The van der Waals surface area contributed by atoms with Crippen LogP contribution in [0.15, 0.2) is 30.3 Å². The van der Waals surface area contributed by atoms with Crippen molar-refractivity contribution in [3.05, 3.63) is 45.9 Å². The molecule has 1 atom stereocenters. The van der Waals surface area contributed by atoms with Crippen molar-refractivity contribution >= 4 is 40.4 Å². The van der Waals surface area contributed by atoms with Gasteiger partial charge >= 0.3 is 0 Å². The Hall–Kier alpha value is -2.82. The number of rotatable bonds is 6. The molecule has 1 aromatic heterocycles. The van der Waals surface area contributed by atoms with Gasteiger partial charge in [-0.25, -0.2) is 4.39 Å². The molecule has 0 spiro atoms. The third-order valence-corrected chi connectivity index (χ3v) is 6.46. The molecule has 32 heavy (non-hydrogen) atoms. The number of morpholine rings is 1. The Labute approximate surface area is 189 Å². The second-order valence-electron chi connectivity index (χ2n) is 7.91. The van der Waals surface area contributed by atoms with Gasteiger partial charge < -0.3 is 20.3 Å². The second kappa shape index (κ2) is 9.76. The van der Waals surface area contributed by atoms with Gasteiger partial charge in [-0.15, -0.1) is 11.3 Å². The van der Waals surface area contributed by atoms with Gasteiger partial charge in [0.05, 0.1) is 23.7 Å². The first-order valence-electron chi connectivity index (χ1n) is 10.5. The number of anilines is 2. The molecule has 2 fully saturated rings. The van der Waals surface area contributed by atoms with Crippen LogP contribution in [0.2, 0.25) is 0 Å². The lowest BCUT2D eigenvalue weighted by atomic mass is 10.2. The van der Waals surface area contributed by atoms with E-state index < -0.39 is 5.82 Å². The van der Waals surface area contributed by atoms with E-state index in [2.05, 4.69) is 10.6 Å². The highest BCUT2D eigenvalue weighted by Gasteiger charge is 2.26. The third-order valence-electron chi connectivity index (χ3n) is 5.46. The fraction of sp³-hybridized carbons (Fsp3) is 0.409. The summed E-state index contributed by atoms with van der Waals surface area (Å²) in [6.45, 7) is 4.03. The summed E-state index contributed by atoms with van der Waals surface area (Å²) in [4.78, 5) is 41.8. The van der Waals surface area contributed by atoms with Gasteiger partial charge in [0.15, 0.2) is 0 Å². The van der Waals surface area contributed by atoms with E-state index in [1.54, 1.807) is 6.07 Å². The summed E-state index contributed by atoms with van der Waals surface area (Å²) < 4.78 is 19.6. The van der Waals surface area contributed by atoms with E-state index in [1.807, 2.05) is 24.0 Å². The molecule has 10 heteroatoms. The van der Waals surface area contributed by atoms with Gasteiger partial charge in [-0.3, -0.25) is 19.3 Å². The van der Waals surface area contributed by atoms with Gasteiger partial charge in [-0.05, 0) is 43.7 Å². The molecule has 2 aliphatic heterocycles. The fourth-order valence-electron chi connectivity index (χ4n) is 3.86. The van der Waals surface area contributed by atoms with Crippen LogP contribution in [0.3, 0.4) is 0 Å². The number of amides is 3. The molecule has 3 heterocycles. The van der Waals surface area contributed by atoms with Crippen LogP contribution < -0.4 is 15.5 Å². The average molecular weight is 461 g/mol. The molecule has 4 rings (SSSR count). The van der Waals surface area contributed by atoms with Crippen molar-refractivity contribution in [3.63, 3.8) is 0 Å². The van der Waals surface area contributed by atoms with Crippen LogP contribution in [0.25, 0.3) is 0 Å². The Balaban J connectivity index is 1.27. The molecule has 0 aliphatic carbocycles. The van der Waals surface area contributed by atoms with E-state index in [0.717, 1.165) is 11.3 Å². The highest BCUT2D eigenvalue weighted by molar-refractivity contribution is 7.13. The van der Waals surface area contributed by atoms with Crippen LogP contribution in [-0.4, -0.2) is 68.1 Å². The third kappa shape index (κ3) is 5.32. The minimum Gasteiger partial charge on any atom is -0.370 e. The summed E-state index contributed by atoms with van der Waals surface area (Å²) in [5.74, 6) is -1.26. The van der Waals surface area contributed by atoms with Gasteiger partial charge in [0.25, 0.3) is 11.8 Å². The number of hydrogen-bond donors (Lipinski definition) is 2.